The minimum Gasteiger partial charge on any atom is -0.496 e. The molecule has 1 N–H and O–H groups in total. The highest BCUT2D eigenvalue weighted by molar-refractivity contribution is 5.38. The zero-order valence-corrected chi connectivity index (χ0v) is 12.6. The first-order chi connectivity index (χ1) is 9.98. The van der Waals surface area contributed by atoms with Gasteiger partial charge in [0.15, 0.2) is 0 Å². The van der Waals surface area contributed by atoms with Crippen molar-refractivity contribution >= 4 is 0 Å². The second-order valence-corrected chi connectivity index (χ2v) is 5.24. The van der Waals surface area contributed by atoms with E-state index in [1.807, 2.05) is 32.0 Å². The predicted octanol–water partition coefficient (Wildman–Crippen LogP) is 3.38. The monoisotopic (exact) mass is 289 g/mol. The van der Waals surface area contributed by atoms with Gasteiger partial charge in [0, 0.05) is 6.42 Å². The van der Waals surface area contributed by atoms with E-state index in [1.54, 1.807) is 7.11 Å². The van der Waals surface area contributed by atoms with Crippen LogP contribution in [0.1, 0.15) is 30.2 Å². The van der Waals surface area contributed by atoms with Crippen LogP contribution in [0.3, 0.4) is 0 Å². The number of rotatable bonds is 5. The van der Waals surface area contributed by atoms with Crippen LogP contribution in [-0.2, 0) is 12.0 Å². The van der Waals surface area contributed by atoms with Gasteiger partial charge in [-0.3, -0.25) is 4.98 Å². The SMILES string of the molecule is CCC(O)(Cc1cc(C)ccc1OC)c1ccc(F)cn1. The first-order valence-electron chi connectivity index (χ1n) is 6.96. The van der Waals surface area contributed by atoms with Crippen molar-refractivity contribution in [3.05, 3.63) is 59.2 Å². The van der Waals surface area contributed by atoms with Crippen molar-refractivity contribution in [2.24, 2.45) is 0 Å². The Balaban J connectivity index is 2.38. The van der Waals surface area contributed by atoms with E-state index in [9.17, 15) is 9.50 Å². The third kappa shape index (κ3) is 3.39. The average Bonchev–Trinajstić information content (AvgIpc) is 2.48. The van der Waals surface area contributed by atoms with E-state index in [4.69, 9.17) is 4.74 Å². The highest BCUT2D eigenvalue weighted by Gasteiger charge is 2.30. The summed E-state index contributed by atoms with van der Waals surface area (Å²) >= 11 is 0. The topological polar surface area (TPSA) is 42.4 Å². The molecule has 0 spiro atoms. The Hall–Kier alpha value is -1.94. The van der Waals surface area contributed by atoms with Gasteiger partial charge in [0.25, 0.3) is 0 Å². The summed E-state index contributed by atoms with van der Waals surface area (Å²) in [6.45, 7) is 3.87. The molecule has 1 unspecified atom stereocenters. The summed E-state index contributed by atoms with van der Waals surface area (Å²) < 4.78 is 18.4. The standard InChI is InChI=1S/C17H20FNO2/c1-4-17(20,16-8-6-14(18)11-19-16)10-13-9-12(2)5-7-15(13)21-3/h5-9,11,20H,4,10H2,1-3H3. The molecule has 0 amide bonds. The summed E-state index contributed by atoms with van der Waals surface area (Å²) in [7, 11) is 1.61. The minimum atomic E-state index is -1.14. The van der Waals surface area contributed by atoms with E-state index >= 15 is 0 Å². The highest BCUT2D eigenvalue weighted by atomic mass is 19.1. The number of aliphatic hydroxyl groups is 1. The smallest absolute Gasteiger partial charge is 0.141 e. The average molecular weight is 289 g/mol. The largest absolute Gasteiger partial charge is 0.496 e. The molecule has 1 aromatic heterocycles. The lowest BCUT2D eigenvalue weighted by Crippen LogP contribution is -2.29. The molecule has 1 aromatic carbocycles. The molecule has 1 heterocycles. The molecule has 2 aromatic rings. The minimum absolute atomic E-state index is 0.368. The van der Waals surface area contributed by atoms with E-state index in [1.165, 1.54) is 12.1 Å². The summed E-state index contributed by atoms with van der Waals surface area (Å²) in [5.74, 6) is 0.319. The van der Waals surface area contributed by atoms with Crippen LogP contribution in [0.5, 0.6) is 5.75 Å². The third-order valence-corrected chi connectivity index (χ3v) is 3.71. The zero-order chi connectivity index (χ0) is 15.5. The molecule has 0 saturated heterocycles. The number of pyridine rings is 1. The summed E-state index contributed by atoms with van der Waals surface area (Å²) in [5.41, 5.74) is 1.33. The van der Waals surface area contributed by atoms with Gasteiger partial charge in [0.05, 0.1) is 19.0 Å². The Morgan fingerprint density at radius 1 is 1.29 bits per heavy atom. The predicted molar refractivity (Wildman–Crippen MR) is 79.8 cm³/mol. The van der Waals surface area contributed by atoms with Gasteiger partial charge in [0.2, 0.25) is 0 Å². The van der Waals surface area contributed by atoms with Crippen LogP contribution in [0.25, 0.3) is 0 Å². The number of benzene rings is 1. The van der Waals surface area contributed by atoms with Gasteiger partial charge < -0.3 is 9.84 Å². The normalized spacial score (nSPS) is 13.8. The Morgan fingerprint density at radius 2 is 2.05 bits per heavy atom. The number of halogens is 1. The van der Waals surface area contributed by atoms with Crippen LogP contribution in [0.15, 0.2) is 36.5 Å². The van der Waals surface area contributed by atoms with E-state index < -0.39 is 11.4 Å². The fourth-order valence-electron chi connectivity index (χ4n) is 2.41. The maximum absolute atomic E-state index is 13.0. The van der Waals surface area contributed by atoms with Gasteiger partial charge in [-0.1, -0.05) is 24.6 Å². The van der Waals surface area contributed by atoms with Crippen molar-refractivity contribution in [1.29, 1.82) is 0 Å². The molecule has 112 valence electrons. The summed E-state index contributed by atoms with van der Waals surface area (Å²) in [4.78, 5) is 4.03. The number of methoxy groups -OCH3 is 1. The van der Waals surface area contributed by atoms with Crippen molar-refractivity contribution in [3.8, 4) is 5.75 Å². The quantitative estimate of drug-likeness (QED) is 0.917. The summed E-state index contributed by atoms with van der Waals surface area (Å²) in [5, 5.41) is 10.9. The molecule has 3 nitrogen and oxygen atoms in total. The van der Waals surface area contributed by atoms with Crippen LogP contribution >= 0.6 is 0 Å². The maximum atomic E-state index is 13.0. The van der Waals surface area contributed by atoms with Gasteiger partial charge in [-0.2, -0.15) is 0 Å². The van der Waals surface area contributed by atoms with E-state index in [-0.39, 0.29) is 0 Å². The van der Waals surface area contributed by atoms with E-state index in [0.717, 1.165) is 23.1 Å². The van der Waals surface area contributed by atoms with Crippen molar-refractivity contribution < 1.29 is 14.2 Å². The lowest BCUT2D eigenvalue weighted by Gasteiger charge is -2.27. The second kappa shape index (κ2) is 6.22. The second-order valence-electron chi connectivity index (χ2n) is 5.24. The molecule has 4 heteroatoms. The number of hydrogen-bond acceptors (Lipinski definition) is 3. The molecule has 0 aliphatic rings. The number of hydrogen-bond donors (Lipinski definition) is 1. The van der Waals surface area contributed by atoms with Crippen molar-refractivity contribution in [2.45, 2.75) is 32.3 Å². The van der Waals surface area contributed by atoms with Crippen LogP contribution < -0.4 is 4.74 Å². The van der Waals surface area contributed by atoms with Crippen LogP contribution in [0.4, 0.5) is 4.39 Å². The summed E-state index contributed by atoms with van der Waals surface area (Å²) in [6.07, 6.45) is 1.97. The molecule has 0 aliphatic carbocycles. The Bertz CT molecular complexity index is 613. The molecule has 21 heavy (non-hydrogen) atoms. The summed E-state index contributed by atoms with van der Waals surface area (Å²) in [6, 6.07) is 8.68. The number of aryl methyl sites for hydroxylation is 1. The van der Waals surface area contributed by atoms with Gasteiger partial charge in [0.1, 0.15) is 17.2 Å². The fourth-order valence-corrected chi connectivity index (χ4v) is 2.41. The Kier molecular flexibility index (Phi) is 4.58. The molecular weight excluding hydrogens is 269 g/mol. The van der Waals surface area contributed by atoms with Crippen molar-refractivity contribution in [2.75, 3.05) is 7.11 Å². The number of nitrogens with zero attached hydrogens (tertiary/aromatic N) is 1. The molecule has 0 fully saturated rings. The van der Waals surface area contributed by atoms with Crippen molar-refractivity contribution in [3.63, 3.8) is 0 Å². The molecule has 2 rings (SSSR count). The zero-order valence-electron chi connectivity index (χ0n) is 12.6. The fraction of sp³-hybridized carbons (Fsp3) is 0.353. The molecule has 0 radical (unpaired) electrons. The van der Waals surface area contributed by atoms with Crippen LogP contribution in [0, 0.1) is 12.7 Å². The number of aromatic nitrogens is 1. The number of ether oxygens (including phenoxy) is 1. The molecular formula is C17H20FNO2. The van der Waals surface area contributed by atoms with Gasteiger partial charge in [-0.15, -0.1) is 0 Å². The van der Waals surface area contributed by atoms with Crippen molar-refractivity contribution in [1.82, 2.24) is 4.98 Å². The van der Waals surface area contributed by atoms with E-state index in [0.29, 0.717) is 18.5 Å². The Labute approximate surface area is 124 Å². The first-order valence-corrected chi connectivity index (χ1v) is 6.96. The molecule has 0 aliphatic heterocycles. The lowest BCUT2D eigenvalue weighted by atomic mass is 9.87. The van der Waals surface area contributed by atoms with Crippen LogP contribution in [0.2, 0.25) is 0 Å². The highest BCUT2D eigenvalue weighted by Crippen LogP contribution is 2.32. The first kappa shape index (κ1) is 15.4. The van der Waals surface area contributed by atoms with E-state index in [2.05, 4.69) is 4.98 Å². The lowest BCUT2D eigenvalue weighted by molar-refractivity contribution is 0.0276. The van der Waals surface area contributed by atoms with Gasteiger partial charge in [-0.25, -0.2) is 4.39 Å². The van der Waals surface area contributed by atoms with Crippen LogP contribution in [-0.4, -0.2) is 17.2 Å². The molecule has 1 atom stereocenters. The van der Waals surface area contributed by atoms with Gasteiger partial charge in [-0.05, 0) is 37.1 Å². The third-order valence-electron chi connectivity index (χ3n) is 3.71. The maximum Gasteiger partial charge on any atom is 0.141 e. The molecule has 0 bridgehead atoms. The Morgan fingerprint density at radius 3 is 2.62 bits per heavy atom. The van der Waals surface area contributed by atoms with Gasteiger partial charge >= 0.3 is 0 Å². The molecule has 0 saturated carbocycles.